The van der Waals surface area contributed by atoms with Crippen molar-refractivity contribution in [2.75, 3.05) is 0 Å². The summed E-state index contributed by atoms with van der Waals surface area (Å²) in [5.74, 6) is 1.77. The fourth-order valence-electron chi connectivity index (χ4n) is 2.08. The minimum atomic E-state index is -0.230. The van der Waals surface area contributed by atoms with Gasteiger partial charge >= 0.3 is 0 Å². The molecule has 70 valence electrons. The lowest BCUT2D eigenvalue weighted by Gasteiger charge is -2.39. The maximum atomic E-state index is 11.6. The van der Waals surface area contributed by atoms with Gasteiger partial charge in [0.25, 0.3) is 0 Å². The average Bonchev–Trinajstić information content (AvgIpc) is 2.08. The zero-order valence-electron chi connectivity index (χ0n) is 8.37. The molecule has 12 heavy (non-hydrogen) atoms. The van der Waals surface area contributed by atoms with Gasteiger partial charge in [-0.3, -0.25) is 4.79 Å². The highest BCUT2D eigenvalue weighted by molar-refractivity contribution is 5.87. The number of carbonyl (C=O) groups is 1. The summed E-state index contributed by atoms with van der Waals surface area (Å²) in [4.78, 5) is 11.6. The summed E-state index contributed by atoms with van der Waals surface area (Å²) in [7, 11) is 0. The predicted octanol–water partition coefficient (Wildman–Crippen LogP) is 1.44. The lowest BCUT2D eigenvalue weighted by atomic mass is 9.66. The summed E-state index contributed by atoms with van der Waals surface area (Å²) >= 11 is 0. The Morgan fingerprint density at radius 3 is 2.00 bits per heavy atom. The number of hydrogen-bond donors (Lipinski definition) is 1. The fourth-order valence-corrected chi connectivity index (χ4v) is 2.08. The first-order valence-corrected chi connectivity index (χ1v) is 4.76. The van der Waals surface area contributed by atoms with Crippen LogP contribution < -0.4 is 5.73 Å². The molecule has 0 spiro atoms. The lowest BCUT2D eigenvalue weighted by Crippen LogP contribution is -2.50. The van der Waals surface area contributed by atoms with Crippen molar-refractivity contribution in [3.8, 4) is 0 Å². The zero-order chi connectivity index (χ0) is 9.46. The first kappa shape index (κ1) is 9.72. The van der Waals surface area contributed by atoms with E-state index >= 15 is 0 Å². The van der Waals surface area contributed by atoms with Crippen LogP contribution in [0.2, 0.25) is 0 Å². The quantitative estimate of drug-likeness (QED) is 0.596. The van der Waals surface area contributed by atoms with Gasteiger partial charge in [-0.2, -0.15) is 0 Å². The standard InChI is InChI=1S/C10H19NO/c1-5-6(2)8(4)10(12)9(11)7(5)3/h5-9H,11H2,1-4H3. The van der Waals surface area contributed by atoms with Crippen LogP contribution in [0, 0.1) is 23.7 Å². The number of nitrogens with two attached hydrogens (primary N) is 1. The van der Waals surface area contributed by atoms with E-state index in [1.807, 2.05) is 6.92 Å². The number of hydrogen-bond acceptors (Lipinski definition) is 2. The molecule has 0 aromatic rings. The molecule has 0 radical (unpaired) electrons. The van der Waals surface area contributed by atoms with Crippen molar-refractivity contribution < 1.29 is 4.79 Å². The molecule has 0 aliphatic heterocycles. The molecule has 2 heteroatoms. The van der Waals surface area contributed by atoms with E-state index in [-0.39, 0.29) is 17.7 Å². The van der Waals surface area contributed by atoms with Crippen LogP contribution in [0.15, 0.2) is 0 Å². The Hall–Kier alpha value is -0.370. The third-order valence-electron chi connectivity index (χ3n) is 3.79. The minimum absolute atomic E-state index is 0.145. The molecular formula is C10H19NO. The fraction of sp³-hybridized carbons (Fsp3) is 0.900. The maximum Gasteiger partial charge on any atom is 0.152 e. The molecule has 1 aliphatic carbocycles. The SMILES string of the molecule is CC1C(=O)C(N)C(C)C(C)C1C. The average molecular weight is 169 g/mol. The lowest BCUT2D eigenvalue weighted by molar-refractivity contribution is -0.131. The van der Waals surface area contributed by atoms with Gasteiger partial charge in [0.1, 0.15) is 0 Å². The highest BCUT2D eigenvalue weighted by atomic mass is 16.1. The largest absolute Gasteiger partial charge is 0.321 e. The Balaban J connectivity index is 2.83. The van der Waals surface area contributed by atoms with Gasteiger partial charge in [-0.1, -0.05) is 27.7 Å². The van der Waals surface area contributed by atoms with E-state index < -0.39 is 0 Å². The highest BCUT2D eigenvalue weighted by Gasteiger charge is 2.40. The Morgan fingerprint density at radius 1 is 1.00 bits per heavy atom. The highest BCUT2D eigenvalue weighted by Crippen LogP contribution is 2.35. The zero-order valence-corrected chi connectivity index (χ0v) is 8.37. The van der Waals surface area contributed by atoms with Crippen LogP contribution >= 0.6 is 0 Å². The van der Waals surface area contributed by atoms with Gasteiger partial charge < -0.3 is 5.73 Å². The van der Waals surface area contributed by atoms with Crippen LogP contribution in [0.25, 0.3) is 0 Å². The molecule has 1 fully saturated rings. The Bertz CT molecular complexity index is 172. The molecule has 2 N–H and O–H groups in total. The van der Waals surface area contributed by atoms with E-state index in [1.54, 1.807) is 0 Å². The molecule has 0 amide bonds. The third kappa shape index (κ3) is 1.28. The molecule has 2 nitrogen and oxygen atoms in total. The Kier molecular flexibility index (Phi) is 2.57. The smallest absolute Gasteiger partial charge is 0.152 e. The van der Waals surface area contributed by atoms with Crippen LogP contribution in [0.5, 0.6) is 0 Å². The van der Waals surface area contributed by atoms with Crippen molar-refractivity contribution in [1.82, 2.24) is 0 Å². The molecule has 5 unspecified atom stereocenters. The van der Waals surface area contributed by atoms with E-state index in [9.17, 15) is 4.79 Å². The third-order valence-corrected chi connectivity index (χ3v) is 3.79. The summed E-state index contributed by atoms with van der Waals surface area (Å²) in [5, 5.41) is 0. The first-order valence-electron chi connectivity index (χ1n) is 4.76. The number of rotatable bonds is 0. The van der Waals surface area contributed by atoms with Gasteiger partial charge in [0.15, 0.2) is 5.78 Å². The Labute approximate surface area is 74.5 Å². The van der Waals surface area contributed by atoms with E-state index in [0.29, 0.717) is 17.8 Å². The molecule has 0 heterocycles. The van der Waals surface area contributed by atoms with Gasteiger partial charge in [-0.25, -0.2) is 0 Å². The monoisotopic (exact) mass is 169 g/mol. The van der Waals surface area contributed by atoms with Gasteiger partial charge in [0.2, 0.25) is 0 Å². The van der Waals surface area contributed by atoms with Gasteiger partial charge in [0, 0.05) is 5.92 Å². The maximum absolute atomic E-state index is 11.6. The van der Waals surface area contributed by atoms with Crippen molar-refractivity contribution in [3.05, 3.63) is 0 Å². The van der Waals surface area contributed by atoms with Gasteiger partial charge in [-0.05, 0) is 17.8 Å². The van der Waals surface area contributed by atoms with Crippen LogP contribution in [-0.4, -0.2) is 11.8 Å². The van der Waals surface area contributed by atoms with Crippen molar-refractivity contribution >= 4 is 5.78 Å². The van der Waals surface area contributed by atoms with Crippen molar-refractivity contribution in [1.29, 1.82) is 0 Å². The molecular weight excluding hydrogens is 150 g/mol. The van der Waals surface area contributed by atoms with Crippen LogP contribution in [-0.2, 0) is 4.79 Å². The van der Waals surface area contributed by atoms with Crippen LogP contribution in [0.1, 0.15) is 27.7 Å². The van der Waals surface area contributed by atoms with Gasteiger partial charge in [-0.15, -0.1) is 0 Å². The van der Waals surface area contributed by atoms with Crippen LogP contribution in [0.4, 0.5) is 0 Å². The minimum Gasteiger partial charge on any atom is -0.321 e. The molecule has 5 atom stereocenters. The second-order valence-corrected chi connectivity index (χ2v) is 4.29. The Morgan fingerprint density at radius 2 is 1.50 bits per heavy atom. The first-order chi connectivity index (χ1) is 5.46. The summed E-state index contributed by atoms with van der Waals surface area (Å²) in [6, 6.07) is -0.230. The normalized spacial score (nSPS) is 49.4. The van der Waals surface area contributed by atoms with Crippen molar-refractivity contribution in [2.24, 2.45) is 29.4 Å². The van der Waals surface area contributed by atoms with Crippen molar-refractivity contribution in [3.63, 3.8) is 0 Å². The van der Waals surface area contributed by atoms with E-state index in [0.717, 1.165) is 0 Å². The summed E-state index contributed by atoms with van der Waals surface area (Å²) in [5.41, 5.74) is 5.82. The molecule has 0 bridgehead atoms. The number of ketones is 1. The molecule has 0 aromatic carbocycles. The summed E-state index contributed by atoms with van der Waals surface area (Å²) < 4.78 is 0. The number of Topliss-reactive ketones (excluding diaryl/α,β-unsaturated/α-hetero) is 1. The van der Waals surface area contributed by atoms with E-state index in [2.05, 4.69) is 20.8 Å². The predicted molar refractivity (Wildman–Crippen MR) is 49.6 cm³/mol. The molecule has 1 aliphatic rings. The van der Waals surface area contributed by atoms with Crippen molar-refractivity contribution in [2.45, 2.75) is 33.7 Å². The van der Waals surface area contributed by atoms with E-state index in [4.69, 9.17) is 5.73 Å². The summed E-state index contributed by atoms with van der Waals surface area (Å²) in [6.45, 7) is 8.42. The molecule has 1 saturated carbocycles. The molecule has 0 saturated heterocycles. The van der Waals surface area contributed by atoms with Gasteiger partial charge in [0.05, 0.1) is 6.04 Å². The van der Waals surface area contributed by atoms with Crippen LogP contribution in [0.3, 0.4) is 0 Å². The number of carbonyl (C=O) groups excluding carboxylic acids is 1. The topological polar surface area (TPSA) is 43.1 Å². The molecule has 0 aromatic heterocycles. The van der Waals surface area contributed by atoms with E-state index in [1.165, 1.54) is 0 Å². The second-order valence-electron chi connectivity index (χ2n) is 4.29. The second kappa shape index (κ2) is 3.17. The molecule has 1 rings (SSSR count). The summed E-state index contributed by atoms with van der Waals surface area (Å²) in [6.07, 6.45) is 0.